The number of hydrogen-bond acceptors (Lipinski definition) is 8. The summed E-state index contributed by atoms with van der Waals surface area (Å²) in [5.41, 5.74) is 2.41. The number of methoxy groups -OCH3 is 1. The highest BCUT2D eigenvalue weighted by molar-refractivity contribution is 6.05. The Morgan fingerprint density at radius 3 is 2.83 bits per heavy atom. The fraction of sp³-hybridized carbons (Fsp3) is 0.211. The van der Waals surface area contributed by atoms with Crippen molar-refractivity contribution in [2.75, 3.05) is 13.7 Å². The zero-order chi connectivity index (χ0) is 20.0. The molecule has 29 heavy (non-hydrogen) atoms. The minimum absolute atomic E-state index is 0.312. The third kappa shape index (κ3) is 2.68. The van der Waals surface area contributed by atoms with E-state index in [4.69, 9.17) is 19.1 Å². The van der Waals surface area contributed by atoms with Crippen LogP contribution in [0.4, 0.5) is 0 Å². The van der Waals surface area contributed by atoms with Gasteiger partial charge in [-0.05, 0) is 13.0 Å². The molecular weight excluding hydrogens is 374 g/mol. The summed E-state index contributed by atoms with van der Waals surface area (Å²) >= 11 is 0. The Labute approximate surface area is 164 Å². The summed E-state index contributed by atoms with van der Waals surface area (Å²) in [6, 6.07) is 7.41. The van der Waals surface area contributed by atoms with Crippen molar-refractivity contribution in [3.63, 3.8) is 0 Å². The second kappa shape index (κ2) is 6.59. The van der Waals surface area contributed by atoms with E-state index in [0.29, 0.717) is 46.9 Å². The van der Waals surface area contributed by atoms with Crippen LogP contribution >= 0.6 is 0 Å². The molecule has 1 aromatic carbocycles. The van der Waals surface area contributed by atoms with Gasteiger partial charge in [0.05, 0.1) is 31.5 Å². The lowest BCUT2D eigenvalue weighted by atomic mass is 10.1. The highest BCUT2D eigenvalue weighted by Gasteiger charge is 2.22. The van der Waals surface area contributed by atoms with Crippen LogP contribution in [0.25, 0.3) is 39.3 Å². The molecule has 0 fully saturated rings. The van der Waals surface area contributed by atoms with E-state index in [1.807, 2.05) is 42.9 Å². The van der Waals surface area contributed by atoms with Crippen molar-refractivity contribution in [3.8, 4) is 34.6 Å². The first-order chi connectivity index (χ1) is 14.2. The predicted octanol–water partition coefficient (Wildman–Crippen LogP) is 2.74. The van der Waals surface area contributed by atoms with Gasteiger partial charge in [-0.25, -0.2) is 4.98 Å². The molecule has 4 aromatic heterocycles. The third-order valence-corrected chi connectivity index (χ3v) is 4.52. The van der Waals surface area contributed by atoms with Crippen molar-refractivity contribution >= 4 is 16.4 Å². The van der Waals surface area contributed by atoms with Crippen LogP contribution in [0.1, 0.15) is 6.92 Å². The first kappa shape index (κ1) is 17.2. The van der Waals surface area contributed by atoms with Gasteiger partial charge >= 0.3 is 5.95 Å². The summed E-state index contributed by atoms with van der Waals surface area (Å²) in [5, 5.41) is 19.1. The van der Waals surface area contributed by atoms with Crippen molar-refractivity contribution < 1.29 is 14.0 Å². The molecule has 4 heterocycles. The van der Waals surface area contributed by atoms with E-state index in [1.54, 1.807) is 24.0 Å². The molecule has 0 unspecified atom stereocenters. The van der Waals surface area contributed by atoms with Crippen LogP contribution < -0.4 is 9.47 Å². The minimum atomic E-state index is 0.312. The zero-order valence-electron chi connectivity index (χ0n) is 16.0. The molecule has 0 aliphatic heterocycles. The fourth-order valence-electron chi connectivity index (χ4n) is 3.27. The highest BCUT2D eigenvalue weighted by atomic mass is 16.6. The molecule has 10 heteroatoms. The minimum Gasteiger partial charge on any atom is -0.496 e. The SMILES string of the molecule is CCOc1cc(-c2nnc3c4cccc(OC)c4c(-c4cn(C)cn4)nn23)no1. The maximum atomic E-state index is 5.59. The van der Waals surface area contributed by atoms with E-state index in [-0.39, 0.29) is 0 Å². The van der Waals surface area contributed by atoms with Gasteiger partial charge in [-0.2, -0.15) is 9.61 Å². The Hall–Kier alpha value is -3.95. The zero-order valence-corrected chi connectivity index (χ0v) is 16.0. The normalized spacial score (nSPS) is 11.4. The van der Waals surface area contributed by atoms with Crippen LogP contribution in [-0.2, 0) is 7.05 Å². The molecule has 0 aliphatic carbocycles. The Bertz CT molecular complexity index is 1330. The average molecular weight is 391 g/mol. The van der Waals surface area contributed by atoms with E-state index < -0.39 is 0 Å². The van der Waals surface area contributed by atoms with Crippen LogP contribution in [0.3, 0.4) is 0 Å². The second-order valence-corrected chi connectivity index (χ2v) is 6.38. The van der Waals surface area contributed by atoms with Gasteiger partial charge in [0.2, 0.25) is 5.82 Å². The van der Waals surface area contributed by atoms with E-state index in [1.165, 1.54) is 0 Å². The summed E-state index contributed by atoms with van der Waals surface area (Å²) in [6.07, 6.45) is 3.62. The monoisotopic (exact) mass is 391 g/mol. The molecule has 0 amide bonds. The Kier molecular flexibility index (Phi) is 3.90. The van der Waals surface area contributed by atoms with E-state index >= 15 is 0 Å². The number of imidazole rings is 1. The Balaban J connectivity index is 1.82. The molecule has 0 N–H and O–H groups in total. The number of ether oxygens (including phenoxy) is 2. The van der Waals surface area contributed by atoms with Crippen LogP contribution in [-0.4, -0.2) is 48.2 Å². The quantitative estimate of drug-likeness (QED) is 0.450. The molecule has 0 atom stereocenters. The molecule has 0 radical (unpaired) electrons. The fourth-order valence-corrected chi connectivity index (χ4v) is 3.27. The molecule has 146 valence electrons. The molecule has 10 nitrogen and oxygen atoms in total. The number of rotatable bonds is 5. The number of nitrogens with zero attached hydrogens (tertiary/aromatic N) is 7. The molecule has 0 bridgehead atoms. The molecule has 5 rings (SSSR count). The Morgan fingerprint density at radius 2 is 2.07 bits per heavy atom. The van der Waals surface area contributed by atoms with Gasteiger partial charge in [-0.1, -0.05) is 17.3 Å². The van der Waals surface area contributed by atoms with Crippen molar-refractivity contribution in [3.05, 3.63) is 36.8 Å². The van der Waals surface area contributed by atoms with Crippen molar-refractivity contribution in [2.45, 2.75) is 6.92 Å². The number of aromatic nitrogens is 7. The van der Waals surface area contributed by atoms with E-state index in [2.05, 4.69) is 20.3 Å². The van der Waals surface area contributed by atoms with Crippen LogP contribution in [0.5, 0.6) is 11.7 Å². The van der Waals surface area contributed by atoms with E-state index in [9.17, 15) is 0 Å². The number of benzene rings is 1. The maximum absolute atomic E-state index is 5.59. The van der Waals surface area contributed by atoms with E-state index in [0.717, 1.165) is 10.8 Å². The topological polar surface area (TPSA) is 105 Å². The smallest absolute Gasteiger partial charge is 0.311 e. The average Bonchev–Trinajstić information content (AvgIpc) is 3.46. The third-order valence-electron chi connectivity index (χ3n) is 4.52. The van der Waals surface area contributed by atoms with Gasteiger partial charge in [-0.3, -0.25) is 0 Å². The largest absolute Gasteiger partial charge is 0.496 e. The first-order valence-electron chi connectivity index (χ1n) is 9.00. The molecular formula is C19H17N7O3. The number of fused-ring (bicyclic) bond motifs is 3. The maximum Gasteiger partial charge on any atom is 0.311 e. The molecule has 0 aliphatic rings. The van der Waals surface area contributed by atoms with Gasteiger partial charge < -0.3 is 18.6 Å². The molecule has 0 saturated carbocycles. The summed E-state index contributed by atoms with van der Waals surface area (Å²) in [4.78, 5) is 4.47. The van der Waals surface area contributed by atoms with Crippen molar-refractivity contribution in [1.29, 1.82) is 0 Å². The summed E-state index contributed by atoms with van der Waals surface area (Å²) in [6.45, 7) is 2.34. The lowest BCUT2D eigenvalue weighted by molar-refractivity contribution is 0.226. The molecule has 0 spiro atoms. The van der Waals surface area contributed by atoms with Gasteiger partial charge in [-0.15, -0.1) is 10.2 Å². The molecule has 0 saturated heterocycles. The summed E-state index contributed by atoms with van der Waals surface area (Å²) in [5.74, 6) is 1.44. The number of hydrogen-bond donors (Lipinski definition) is 0. The van der Waals surface area contributed by atoms with Crippen LogP contribution in [0.2, 0.25) is 0 Å². The van der Waals surface area contributed by atoms with Crippen LogP contribution in [0, 0.1) is 0 Å². The van der Waals surface area contributed by atoms with Gasteiger partial charge in [0.25, 0.3) is 0 Å². The lowest BCUT2D eigenvalue weighted by Gasteiger charge is -2.10. The first-order valence-corrected chi connectivity index (χ1v) is 9.00. The van der Waals surface area contributed by atoms with Crippen LogP contribution in [0.15, 0.2) is 41.3 Å². The molecule has 5 aromatic rings. The Morgan fingerprint density at radius 1 is 1.17 bits per heavy atom. The van der Waals surface area contributed by atoms with Gasteiger partial charge in [0, 0.05) is 18.6 Å². The highest BCUT2D eigenvalue weighted by Crippen LogP contribution is 2.35. The number of aryl methyl sites for hydroxylation is 1. The predicted molar refractivity (Wildman–Crippen MR) is 104 cm³/mol. The summed E-state index contributed by atoms with van der Waals surface area (Å²) in [7, 11) is 3.53. The van der Waals surface area contributed by atoms with Crippen molar-refractivity contribution in [1.82, 2.24) is 34.5 Å². The van der Waals surface area contributed by atoms with Gasteiger partial charge in [0.1, 0.15) is 17.1 Å². The standard InChI is InChI=1S/C19H17N7O3/c1-4-28-15-8-12(24-29-15)19-22-21-18-11-6-5-7-14(27-3)16(11)17(23-26(18)19)13-9-25(2)10-20-13/h5-10H,4H2,1-3H3. The van der Waals surface area contributed by atoms with Gasteiger partial charge in [0.15, 0.2) is 11.3 Å². The lowest BCUT2D eigenvalue weighted by Crippen LogP contribution is -2.01. The van der Waals surface area contributed by atoms with Crippen molar-refractivity contribution in [2.24, 2.45) is 7.05 Å². The summed E-state index contributed by atoms with van der Waals surface area (Å²) < 4.78 is 19.7. The second-order valence-electron chi connectivity index (χ2n) is 6.38.